The SMILES string of the molecule is Cc1cc(Br)cc2[s+]c3cc(Br)ccc3nc12. The molecule has 0 atom stereocenters. The number of aromatic nitrogens is 1. The lowest BCUT2D eigenvalue weighted by atomic mass is 10.2. The van der Waals surface area contributed by atoms with E-state index in [1.165, 1.54) is 15.0 Å². The van der Waals surface area contributed by atoms with E-state index in [9.17, 15) is 0 Å². The number of hydrogen-bond acceptors (Lipinski definition) is 1. The second-order valence-corrected chi connectivity index (χ2v) is 6.81. The second-order valence-electron chi connectivity index (χ2n) is 3.90. The lowest BCUT2D eigenvalue weighted by molar-refractivity contribution is 1.43. The van der Waals surface area contributed by atoms with Crippen LogP contribution in [0, 0.1) is 6.92 Å². The van der Waals surface area contributed by atoms with Gasteiger partial charge in [-0.25, -0.2) is 4.98 Å². The third kappa shape index (κ3) is 2.09. The average molecular weight is 370 g/mol. The normalized spacial score (nSPS) is 11.2. The van der Waals surface area contributed by atoms with Crippen LogP contribution in [0.2, 0.25) is 0 Å². The van der Waals surface area contributed by atoms with Crippen LogP contribution in [0.25, 0.3) is 20.4 Å². The van der Waals surface area contributed by atoms with Gasteiger partial charge in [0.2, 0.25) is 11.3 Å². The molecule has 17 heavy (non-hydrogen) atoms. The Bertz CT molecular complexity index is 740. The molecule has 0 aliphatic heterocycles. The van der Waals surface area contributed by atoms with Crippen molar-refractivity contribution in [2.75, 3.05) is 0 Å². The van der Waals surface area contributed by atoms with Crippen LogP contribution < -0.4 is 0 Å². The van der Waals surface area contributed by atoms with Gasteiger partial charge >= 0.3 is 0 Å². The van der Waals surface area contributed by atoms with Gasteiger partial charge in [0.1, 0.15) is 11.0 Å². The van der Waals surface area contributed by atoms with Crippen LogP contribution in [0.5, 0.6) is 0 Å². The molecule has 0 unspecified atom stereocenters. The summed E-state index contributed by atoms with van der Waals surface area (Å²) in [6.45, 7) is 2.09. The molecule has 4 heteroatoms. The second kappa shape index (κ2) is 4.26. The van der Waals surface area contributed by atoms with Gasteiger partial charge in [-0.3, -0.25) is 0 Å². The molecule has 84 valence electrons. The van der Waals surface area contributed by atoms with Gasteiger partial charge < -0.3 is 0 Å². The van der Waals surface area contributed by atoms with Crippen LogP contribution in [0.1, 0.15) is 5.56 Å². The Kier molecular flexibility index (Phi) is 2.89. The van der Waals surface area contributed by atoms with Crippen molar-refractivity contribution >= 4 is 63.6 Å². The lowest BCUT2D eigenvalue weighted by Crippen LogP contribution is -1.84. The van der Waals surface area contributed by atoms with E-state index in [2.05, 4.69) is 63.0 Å². The Morgan fingerprint density at radius 3 is 2.59 bits per heavy atom. The number of benzene rings is 2. The standard InChI is InChI=1S/C13H8Br2NS/c1-7-4-9(15)6-12-13(7)16-10-3-2-8(14)5-11(10)17-12/h2-6H,1H3/q+1. The smallest absolute Gasteiger partial charge is 0.237 e. The van der Waals surface area contributed by atoms with Crippen molar-refractivity contribution in [1.82, 2.24) is 4.98 Å². The summed E-state index contributed by atoms with van der Waals surface area (Å²) in [6, 6.07) is 10.4. The van der Waals surface area contributed by atoms with Crippen molar-refractivity contribution in [2.45, 2.75) is 6.92 Å². The summed E-state index contributed by atoms with van der Waals surface area (Å²) in [5, 5.41) is 0. The fraction of sp³-hybridized carbons (Fsp3) is 0.0769. The van der Waals surface area contributed by atoms with Gasteiger partial charge in [-0.2, -0.15) is 0 Å². The number of hydrogen-bond donors (Lipinski definition) is 0. The molecule has 0 bridgehead atoms. The molecule has 3 rings (SSSR count). The topological polar surface area (TPSA) is 12.9 Å². The van der Waals surface area contributed by atoms with E-state index in [4.69, 9.17) is 4.98 Å². The fourth-order valence-electron chi connectivity index (χ4n) is 1.83. The molecule has 0 fully saturated rings. The third-order valence-corrected chi connectivity index (χ3v) is 4.63. The molecule has 1 heterocycles. The summed E-state index contributed by atoms with van der Waals surface area (Å²) in [4.78, 5) is 4.73. The van der Waals surface area contributed by atoms with Crippen molar-refractivity contribution < 1.29 is 0 Å². The highest BCUT2D eigenvalue weighted by Gasteiger charge is 2.15. The fourth-order valence-corrected chi connectivity index (χ4v) is 4.19. The van der Waals surface area contributed by atoms with Crippen LogP contribution >= 0.6 is 43.2 Å². The summed E-state index contributed by atoms with van der Waals surface area (Å²) in [5.41, 5.74) is 3.35. The molecule has 0 aliphatic carbocycles. The highest BCUT2D eigenvalue weighted by atomic mass is 79.9. The van der Waals surface area contributed by atoms with Crippen LogP contribution in [0.4, 0.5) is 0 Å². The maximum Gasteiger partial charge on any atom is 0.258 e. The first-order valence-corrected chi connectivity index (χ1v) is 7.53. The number of aryl methyl sites for hydroxylation is 1. The van der Waals surface area contributed by atoms with Crippen molar-refractivity contribution in [1.29, 1.82) is 0 Å². The van der Waals surface area contributed by atoms with Crippen molar-refractivity contribution in [2.24, 2.45) is 0 Å². The molecule has 1 aromatic heterocycles. The van der Waals surface area contributed by atoms with Crippen molar-refractivity contribution in [3.8, 4) is 0 Å². The van der Waals surface area contributed by atoms with E-state index in [1.807, 2.05) is 6.07 Å². The average Bonchev–Trinajstić information content (AvgIpc) is 2.26. The van der Waals surface area contributed by atoms with E-state index in [0.29, 0.717) is 0 Å². The highest BCUT2D eigenvalue weighted by Crippen LogP contribution is 2.31. The molecule has 2 aromatic carbocycles. The van der Waals surface area contributed by atoms with Crippen LogP contribution in [0.15, 0.2) is 39.3 Å². The zero-order valence-electron chi connectivity index (χ0n) is 9.00. The first-order valence-electron chi connectivity index (χ1n) is 5.13. The minimum absolute atomic E-state index is 1.05. The van der Waals surface area contributed by atoms with Gasteiger partial charge in [0.15, 0.2) is 0 Å². The summed E-state index contributed by atoms with van der Waals surface area (Å²) < 4.78 is 4.61. The molecular weight excluding hydrogens is 362 g/mol. The molecule has 0 saturated heterocycles. The van der Waals surface area contributed by atoms with Crippen molar-refractivity contribution in [3.63, 3.8) is 0 Å². The lowest BCUT2D eigenvalue weighted by Gasteiger charge is -1.98. The highest BCUT2D eigenvalue weighted by molar-refractivity contribution is 9.10. The number of nitrogens with zero attached hydrogens (tertiary/aromatic N) is 1. The Balaban J connectivity index is 2.47. The van der Waals surface area contributed by atoms with E-state index >= 15 is 0 Å². The van der Waals surface area contributed by atoms with E-state index < -0.39 is 0 Å². The quantitative estimate of drug-likeness (QED) is 0.373. The van der Waals surface area contributed by atoms with E-state index in [1.54, 1.807) is 11.3 Å². The zero-order valence-corrected chi connectivity index (χ0v) is 13.0. The molecular formula is C13H8Br2NS+. The molecule has 0 spiro atoms. The number of halogens is 2. The molecule has 1 nitrogen and oxygen atoms in total. The first-order chi connectivity index (χ1) is 8.13. The largest absolute Gasteiger partial charge is 0.258 e. The Labute approximate surface area is 120 Å². The summed E-state index contributed by atoms with van der Waals surface area (Å²) in [6.07, 6.45) is 0. The molecule has 0 radical (unpaired) electrons. The van der Waals surface area contributed by atoms with Crippen LogP contribution in [-0.4, -0.2) is 4.98 Å². The monoisotopic (exact) mass is 368 g/mol. The number of fused-ring (bicyclic) bond motifs is 2. The van der Waals surface area contributed by atoms with Gasteiger partial charge in [0.05, 0.1) is 0 Å². The van der Waals surface area contributed by atoms with Crippen molar-refractivity contribution in [3.05, 3.63) is 44.8 Å². The van der Waals surface area contributed by atoms with Gasteiger partial charge in [0.25, 0.3) is 9.40 Å². The van der Waals surface area contributed by atoms with Crippen LogP contribution in [-0.2, 0) is 0 Å². The van der Waals surface area contributed by atoms with E-state index in [0.717, 1.165) is 20.0 Å². The molecule has 0 saturated carbocycles. The zero-order chi connectivity index (χ0) is 12.0. The predicted octanol–water partition coefficient (Wildman–Crippen LogP) is 5.56. The third-order valence-electron chi connectivity index (χ3n) is 2.60. The molecule has 0 N–H and O–H groups in total. The van der Waals surface area contributed by atoms with Gasteiger partial charge in [0, 0.05) is 21.1 Å². The Hall–Kier alpha value is -0.580. The van der Waals surface area contributed by atoms with E-state index in [-0.39, 0.29) is 0 Å². The summed E-state index contributed by atoms with van der Waals surface area (Å²) in [7, 11) is 0. The first kappa shape index (κ1) is 11.5. The van der Waals surface area contributed by atoms with Gasteiger partial charge in [-0.05, 0) is 30.7 Å². The molecule has 0 aliphatic rings. The number of rotatable bonds is 0. The Morgan fingerprint density at radius 1 is 1.00 bits per heavy atom. The Morgan fingerprint density at radius 2 is 1.76 bits per heavy atom. The molecule has 3 aromatic rings. The minimum Gasteiger partial charge on any atom is -0.237 e. The minimum atomic E-state index is 1.05. The molecule has 0 amide bonds. The predicted molar refractivity (Wildman–Crippen MR) is 81.7 cm³/mol. The van der Waals surface area contributed by atoms with Gasteiger partial charge in [-0.15, -0.1) is 0 Å². The van der Waals surface area contributed by atoms with Gasteiger partial charge in [-0.1, -0.05) is 31.9 Å². The maximum atomic E-state index is 4.73. The summed E-state index contributed by atoms with van der Waals surface area (Å²) >= 11 is 8.80. The van der Waals surface area contributed by atoms with Crippen LogP contribution in [0.3, 0.4) is 0 Å². The summed E-state index contributed by atoms with van der Waals surface area (Å²) in [5.74, 6) is 0. The maximum absolute atomic E-state index is 4.73.